The number of rotatable bonds is 5. The van der Waals surface area contributed by atoms with Crippen molar-refractivity contribution >= 4 is 52.0 Å². The zero-order valence-electron chi connectivity index (χ0n) is 12.3. The number of anilines is 1. The maximum Gasteiger partial charge on any atom is 0.268 e. The van der Waals surface area contributed by atoms with Crippen LogP contribution in [0.1, 0.15) is 18.2 Å². The summed E-state index contributed by atoms with van der Waals surface area (Å²) in [5, 5.41) is 7.72. The monoisotopic (exact) mass is 367 g/mol. The third kappa shape index (κ3) is 4.04. The third-order valence-corrected chi connectivity index (χ3v) is 5.22. The Hall–Kier alpha value is -1.57. The van der Waals surface area contributed by atoms with Gasteiger partial charge in [0, 0.05) is 6.42 Å². The number of hydrogen-bond acceptors (Lipinski definition) is 6. The second-order valence-electron chi connectivity index (χ2n) is 4.75. The Bertz CT molecular complexity index is 731. The highest BCUT2D eigenvalue weighted by atomic mass is 35.5. The minimum Gasteiger partial charge on any atom is -0.382 e. The van der Waals surface area contributed by atoms with Crippen LogP contribution in [-0.4, -0.2) is 28.5 Å². The summed E-state index contributed by atoms with van der Waals surface area (Å²) in [7, 11) is 0. The highest BCUT2D eigenvalue weighted by Gasteiger charge is 2.29. The molecule has 2 aromatic rings. The van der Waals surface area contributed by atoms with Gasteiger partial charge < -0.3 is 10.2 Å². The Morgan fingerprint density at radius 3 is 3.00 bits per heavy atom. The van der Waals surface area contributed by atoms with Gasteiger partial charge in [-0.3, -0.25) is 4.79 Å². The maximum absolute atomic E-state index is 12.2. The molecule has 1 amide bonds. The number of thiophene rings is 1. The van der Waals surface area contributed by atoms with Gasteiger partial charge in [-0.15, -0.1) is 23.1 Å². The number of aromatic nitrogens is 1. The van der Waals surface area contributed by atoms with Crippen LogP contribution in [-0.2, 0) is 9.63 Å². The molecular weight excluding hydrogens is 354 g/mol. The highest BCUT2D eigenvalue weighted by molar-refractivity contribution is 7.99. The molecule has 0 aliphatic carbocycles. The number of pyridine rings is 1. The number of amides is 1. The van der Waals surface area contributed by atoms with E-state index in [0.29, 0.717) is 16.4 Å². The highest BCUT2D eigenvalue weighted by Crippen LogP contribution is 2.26. The van der Waals surface area contributed by atoms with Gasteiger partial charge in [-0.2, -0.15) is 0 Å². The molecule has 120 valence electrons. The van der Waals surface area contributed by atoms with Crippen molar-refractivity contribution in [1.82, 2.24) is 4.98 Å². The van der Waals surface area contributed by atoms with Crippen molar-refractivity contribution in [2.75, 3.05) is 11.1 Å². The maximum atomic E-state index is 12.2. The molecule has 1 unspecified atom stereocenters. The van der Waals surface area contributed by atoms with E-state index in [1.165, 1.54) is 11.3 Å². The molecule has 5 nitrogen and oxygen atoms in total. The second kappa shape index (κ2) is 7.33. The Labute approximate surface area is 147 Å². The fourth-order valence-corrected chi connectivity index (χ4v) is 3.66. The first-order chi connectivity index (χ1) is 11.2. The molecule has 1 N–H and O–H groups in total. The van der Waals surface area contributed by atoms with Crippen molar-refractivity contribution < 1.29 is 9.63 Å². The lowest BCUT2D eigenvalue weighted by Crippen LogP contribution is -2.28. The van der Waals surface area contributed by atoms with Gasteiger partial charge in [-0.1, -0.05) is 23.7 Å². The first-order valence-corrected chi connectivity index (χ1v) is 9.22. The van der Waals surface area contributed by atoms with Gasteiger partial charge in [-0.05, 0) is 30.0 Å². The van der Waals surface area contributed by atoms with Crippen LogP contribution in [0.4, 0.5) is 5.69 Å². The fourth-order valence-electron chi connectivity index (χ4n) is 2.04. The van der Waals surface area contributed by atoms with E-state index in [-0.39, 0.29) is 5.91 Å². The molecule has 0 saturated carbocycles. The van der Waals surface area contributed by atoms with Gasteiger partial charge in [0.1, 0.15) is 5.71 Å². The first-order valence-electron chi connectivity index (χ1n) is 7.04. The average molecular weight is 368 g/mol. The van der Waals surface area contributed by atoms with Crippen LogP contribution in [0.2, 0.25) is 4.34 Å². The van der Waals surface area contributed by atoms with Crippen LogP contribution < -0.4 is 5.32 Å². The summed E-state index contributed by atoms with van der Waals surface area (Å²) in [6, 6.07) is 7.40. The number of halogens is 1. The lowest BCUT2D eigenvalue weighted by molar-refractivity contribution is -0.125. The van der Waals surface area contributed by atoms with Crippen molar-refractivity contribution in [2.45, 2.75) is 24.5 Å². The topological polar surface area (TPSA) is 63.6 Å². The minimum atomic E-state index is -0.629. The lowest BCUT2D eigenvalue weighted by Gasteiger charge is -2.09. The predicted octanol–water partition coefficient (Wildman–Crippen LogP) is 4.04. The van der Waals surface area contributed by atoms with E-state index in [1.54, 1.807) is 24.0 Å². The van der Waals surface area contributed by atoms with E-state index < -0.39 is 6.10 Å². The van der Waals surface area contributed by atoms with Gasteiger partial charge in [0.2, 0.25) is 6.10 Å². The van der Waals surface area contributed by atoms with E-state index in [4.69, 9.17) is 16.4 Å². The van der Waals surface area contributed by atoms with Gasteiger partial charge in [-0.25, -0.2) is 4.98 Å². The van der Waals surface area contributed by atoms with E-state index >= 15 is 0 Å². The van der Waals surface area contributed by atoms with Gasteiger partial charge in [0.05, 0.1) is 26.1 Å². The lowest BCUT2D eigenvalue weighted by atomic mass is 10.1. The van der Waals surface area contributed by atoms with Gasteiger partial charge in [0.25, 0.3) is 5.91 Å². The van der Waals surface area contributed by atoms with E-state index in [1.807, 2.05) is 18.2 Å². The molecule has 8 heteroatoms. The zero-order valence-corrected chi connectivity index (χ0v) is 14.7. The van der Waals surface area contributed by atoms with Gasteiger partial charge in [0.15, 0.2) is 0 Å². The SMILES string of the molecule is CCSc1ccc(NC(=O)C2CC(c3ccc(Cl)s3)=NO2)cn1. The zero-order chi connectivity index (χ0) is 16.2. The molecule has 1 atom stereocenters. The summed E-state index contributed by atoms with van der Waals surface area (Å²) in [5.74, 6) is 0.727. The number of nitrogens with one attached hydrogen (secondary N) is 1. The Morgan fingerprint density at radius 2 is 2.35 bits per heavy atom. The van der Waals surface area contributed by atoms with Crippen LogP contribution in [0.5, 0.6) is 0 Å². The fraction of sp³-hybridized carbons (Fsp3) is 0.267. The quantitative estimate of drug-likeness (QED) is 0.810. The Kier molecular flexibility index (Phi) is 5.20. The standard InChI is InChI=1S/C15H14ClN3O2S2/c1-2-22-14-6-3-9(8-17-14)18-15(20)11-7-10(19-21-11)12-4-5-13(16)23-12/h3-6,8,11H,2,7H2,1H3,(H,18,20). The summed E-state index contributed by atoms with van der Waals surface area (Å²) in [4.78, 5) is 22.7. The van der Waals surface area contributed by atoms with Crippen LogP contribution in [0.25, 0.3) is 0 Å². The molecule has 0 bridgehead atoms. The number of oxime groups is 1. The van der Waals surface area contributed by atoms with E-state index in [9.17, 15) is 4.79 Å². The number of thioether (sulfide) groups is 1. The molecule has 0 radical (unpaired) electrons. The molecule has 0 aromatic carbocycles. The molecule has 1 aliphatic heterocycles. The number of nitrogens with zero attached hydrogens (tertiary/aromatic N) is 2. The van der Waals surface area contributed by atoms with Crippen molar-refractivity contribution in [3.8, 4) is 0 Å². The largest absolute Gasteiger partial charge is 0.382 e. The van der Waals surface area contributed by atoms with Gasteiger partial charge >= 0.3 is 0 Å². The predicted molar refractivity (Wildman–Crippen MR) is 94.6 cm³/mol. The van der Waals surface area contributed by atoms with Crippen LogP contribution in [0.15, 0.2) is 40.6 Å². The summed E-state index contributed by atoms with van der Waals surface area (Å²) in [6.07, 6.45) is 1.45. The molecule has 2 aromatic heterocycles. The van der Waals surface area contributed by atoms with Crippen molar-refractivity contribution in [3.63, 3.8) is 0 Å². The van der Waals surface area contributed by atoms with E-state index in [2.05, 4.69) is 22.4 Å². The molecular formula is C15H14ClN3O2S2. The summed E-state index contributed by atoms with van der Waals surface area (Å²) in [5.41, 5.74) is 1.39. The smallest absolute Gasteiger partial charge is 0.268 e. The summed E-state index contributed by atoms with van der Waals surface area (Å²) in [6.45, 7) is 2.07. The molecule has 0 spiro atoms. The second-order valence-corrected chi connectivity index (χ2v) is 7.75. The average Bonchev–Trinajstić information content (AvgIpc) is 3.18. The number of hydrogen-bond donors (Lipinski definition) is 1. The first kappa shape index (κ1) is 16.3. The summed E-state index contributed by atoms with van der Waals surface area (Å²) < 4.78 is 0.687. The van der Waals surface area contributed by atoms with Crippen molar-refractivity contribution in [2.24, 2.45) is 5.16 Å². The minimum absolute atomic E-state index is 0.232. The van der Waals surface area contributed by atoms with Crippen molar-refractivity contribution in [1.29, 1.82) is 0 Å². The van der Waals surface area contributed by atoms with Crippen LogP contribution in [0, 0.1) is 0 Å². The molecule has 1 aliphatic rings. The molecule has 3 heterocycles. The summed E-state index contributed by atoms with van der Waals surface area (Å²) >= 11 is 8.99. The normalized spacial score (nSPS) is 16.8. The van der Waals surface area contributed by atoms with Crippen molar-refractivity contribution in [3.05, 3.63) is 39.7 Å². The number of carbonyl (C=O) groups is 1. The Balaban J connectivity index is 1.57. The Morgan fingerprint density at radius 1 is 1.48 bits per heavy atom. The molecule has 0 saturated heterocycles. The molecule has 23 heavy (non-hydrogen) atoms. The van der Waals surface area contributed by atoms with E-state index in [0.717, 1.165) is 21.4 Å². The van der Waals surface area contributed by atoms with Crippen LogP contribution >= 0.6 is 34.7 Å². The van der Waals surface area contributed by atoms with Crippen LogP contribution in [0.3, 0.4) is 0 Å². The molecule has 0 fully saturated rings. The third-order valence-electron chi connectivity index (χ3n) is 3.12. The number of carbonyl (C=O) groups excluding carboxylic acids is 1. The molecule has 3 rings (SSSR count).